The zero-order chi connectivity index (χ0) is 19.4. The van der Waals surface area contributed by atoms with E-state index in [4.69, 9.17) is 14.2 Å². The number of rotatable bonds is 7. The highest BCUT2D eigenvalue weighted by atomic mass is 32.1. The number of thiophene rings is 1. The number of ether oxygens (including phenoxy) is 3. The van der Waals surface area contributed by atoms with Crippen molar-refractivity contribution in [2.75, 3.05) is 34.4 Å². The van der Waals surface area contributed by atoms with E-state index in [0.717, 1.165) is 24.1 Å². The van der Waals surface area contributed by atoms with Crippen LogP contribution >= 0.6 is 11.3 Å². The van der Waals surface area contributed by atoms with Crippen LogP contribution in [0.5, 0.6) is 17.2 Å². The molecule has 1 aliphatic rings. The van der Waals surface area contributed by atoms with Crippen LogP contribution in [-0.4, -0.2) is 50.4 Å². The minimum absolute atomic E-state index is 0.104. The van der Waals surface area contributed by atoms with Crippen molar-refractivity contribution in [1.29, 1.82) is 0 Å². The molecule has 1 aromatic heterocycles. The average molecular weight is 391 g/mol. The van der Waals surface area contributed by atoms with Crippen molar-refractivity contribution in [3.63, 3.8) is 0 Å². The first-order valence-electron chi connectivity index (χ1n) is 8.88. The summed E-state index contributed by atoms with van der Waals surface area (Å²) < 4.78 is 16.7. The molecular formula is C20H25NO5S. The molecule has 0 spiro atoms. The number of nitrogens with zero attached hydrogens (tertiary/aromatic N) is 1. The van der Waals surface area contributed by atoms with Crippen LogP contribution < -0.4 is 14.2 Å². The lowest BCUT2D eigenvalue weighted by atomic mass is 9.92. The Hall–Kier alpha value is -2.25. The summed E-state index contributed by atoms with van der Waals surface area (Å²) in [4.78, 5) is 13.8. The summed E-state index contributed by atoms with van der Waals surface area (Å²) in [5.74, 6) is 0.674. The van der Waals surface area contributed by atoms with Crippen molar-refractivity contribution in [1.82, 2.24) is 4.90 Å². The van der Waals surface area contributed by atoms with Gasteiger partial charge in [0.25, 0.3) is 0 Å². The number of methoxy groups -OCH3 is 3. The van der Waals surface area contributed by atoms with Crippen LogP contribution in [0.1, 0.15) is 30.0 Å². The van der Waals surface area contributed by atoms with Gasteiger partial charge in [-0.15, -0.1) is 0 Å². The molecule has 2 heterocycles. The summed E-state index contributed by atoms with van der Waals surface area (Å²) in [6, 6.07) is 5.82. The standard InChI is InChI=1S/C20H25NO5S/c1-24-16-7-6-15(18(25-2)19(16)26-3)17(14-8-10-27-12-14)21-9-4-5-13(11-21)20(22)23/h6-8,10,12-13,17H,4-5,9,11H2,1-3H3,(H,22,23). The zero-order valence-corrected chi connectivity index (χ0v) is 16.6. The van der Waals surface area contributed by atoms with Gasteiger partial charge in [0.05, 0.1) is 33.3 Å². The van der Waals surface area contributed by atoms with Gasteiger partial charge in [-0.3, -0.25) is 9.69 Å². The van der Waals surface area contributed by atoms with Gasteiger partial charge in [0, 0.05) is 12.1 Å². The van der Waals surface area contributed by atoms with Crippen LogP contribution in [0.15, 0.2) is 29.0 Å². The normalized spacial score (nSPS) is 18.7. The Morgan fingerprint density at radius 2 is 1.96 bits per heavy atom. The molecule has 0 bridgehead atoms. The van der Waals surface area contributed by atoms with E-state index in [0.29, 0.717) is 30.2 Å². The van der Waals surface area contributed by atoms with Gasteiger partial charge in [-0.25, -0.2) is 0 Å². The molecule has 1 saturated heterocycles. The highest BCUT2D eigenvalue weighted by Crippen LogP contribution is 2.46. The predicted molar refractivity (Wildman–Crippen MR) is 104 cm³/mol. The van der Waals surface area contributed by atoms with E-state index in [2.05, 4.69) is 16.3 Å². The van der Waals surface area contributed by atoms with Crippen LogP contribution in [0, 0.1) is 5.92 Å². The first-order chi connectivity index (χ1) is 13.1. The highest BCUT2D eigenvalue weighted by molar-refractivity contribution is 7.08. The number of carbonyl (C=O) groups is 1. The number of carboxylic acid groups (broad SMARTS) is 1. The van der Waals surface area contributed by atoms with Crippen LogP contribution in [0.4, 0.5) is 0 Å². The van der Waals surface area contributed by atoms with Crippen molar-refractivity contribution in [2.24, 2.45) is 5.92 Å². The largest absolute Gasteiger partial charge is 0.493 e. The number of piperidine rings is 1. The summed E-state index contributed by atoms with van der Waals surface area (Å²) in [6.07, 6.45) is 1.57. The quantitative estimate of drug-likeness (QED) is 0.777. The van der Waals surface area contributed by atoms with E-state index < -0.39 is 5.97 Å². The molecule has 146 valence electrons. The molecule has 1 aromatic carbocycles. The van der Waals surface area contributed by atoms with Gasteiger partial charge in [-0.2, -0.15) is 11.3 Å². The summed E-state index contributed by atoms with van der Waals surface area (Å²) in [6.45, 7) is 1.34. The summed E-state index contributed by atoms with van der Waals surface area (Å²) >= 11 is 1.63. The lowest BCUT2D eigenvalue weighted by Gasteiger charge is -2.37. The third-order valence-corrected chi connectivity index (χ3v) is 5.76. The fourth-order valence-corrected chi connectivity index (χ4v) is 4.48. The molecule has 6 nitrogen and oxygen atoms in total. The smallest absolute Gasteiger partial charge is 0.307 e. The van der Waals surface area contributed by atoms with E-state index in [1.807, 2.05) is 17.5 Å². The number of benzene rings is 1. The molecule has 0 saturated carbocycles. The lowest BCUT2D eigenvalue weighted by Crippen LogP contribution is -2.41. The molecule has 1 aliphatic heterocycles. The molecular weight excluding hydrogens is 366 g/mol. The monoisotopic (exact) mass is 391 g/mol. The molecule has 0 radical (unpaired) electrons. The number of hydrogen-bond donors (Lipinski definition) is 1. The van der Waals surface area contributed by atoms with Gasteiger partial charge in [0.2, 0.25) is 5.75 Å². The maximum atomic E-state index is 11.6. The Morgan fingerprint density at radius 3 is 2.56 bits per heavy atom. The van der Waals surface area contributed by atoms with Gasteiger partial charge in [-0.1, -0.05) is 0 Å². The minimum Gasteiger partial charge on any atom is -0.493 e. The molecule has 2 atom stereocenters. The van der Waals surface area contributed by atoms with E-state index in [1.165, 1.54) is 0 Å². The summed E-state index contributed by atoms with van der Waals surface area (Å²) in [5, 5.41) is 13.6. The number of hydrogen-bond acceptors (Lipinski definition) is 6. The Kier molecular flexibility index (Phi) is 6.23. The van der Waals surface area contributed by atoms with Crippen molar-refractivity contribution >= 4 is 17.3 Å². The maximum Gasteiger partial charge on any atom is 0.307 e. The predicted octanol–water partition coefficient (Wildman–Crippen LogP) is 3.66. The van der Waals surface area contributed by atoms with Crippen LogP contribution in [0.25, 0.3) is 0 Å². The number of aliphatic carboxylic acids is 1. The van der Waals surface area contributed by atoms with Gasteiger partial charge in [0.15, 0.2) is 11.5 Å². The molecule has 2 unspecified atom stereocenters. The third kappa shape index (κ3) is 3.89. The second-order valence-corrected chi connectivity index (χ2v) is 7.34. The van der Waals surface area contributed by atoms with Gasteiger partial charge in [0.1, 0.15) is 0 Å². The minimum atomic E-state index is -0.733. The Labute approximate surface area is 163 Å². The molecule has 1 N–H and O–H groups in total. The topological polar surface area (TPSA) is 68.2 Å². The second-order valence-electron chi connectivity index (χ2n) is 6.56. The molecule has 0 aliphatic carbocycles. The van der Waals surface area contributed by atoms with Gasteiger partial charge >= 0.3 is 5.97 Å². The Morgan fingerprint density at radius 1 is 1.19 bits per heavy atom. The fourth-order valence-electron chi connectivity index (χ4n) is 3.80. The van der Waals surface area contributed by atoms with Crippen molar-refractivity contribution in [2.45, 2.75) is 18.9 Å². The molecule has 27 heavy (non-hydrogen) atoms. The second kappa shape index (κ2) is 8.63. The van der Waals surface area contributed by atoms with E-state index in [9.17, 15) is 9.90 Å². The Balaban J connectivity index is 2.08. The SMILES string of the molecule is COc1ccc(C(c2ccsc2)N2CCCC(C(=O)O)C2)c(OC)c1OC. The number of likely N-dealkylation sites (tertiary alicyclic amines) is 1. The van der Waals surface area contributed by atoms with Crippen molar-refractivity contribution < 1.29 is 24.1 Å². The lowest BCUT2D eigenvalue weighted by molar-refractivity contribution is -0.143. The first kappa shape index (κ1) is 19.5. The first-order valence-corrected chi connectivity index (χ1v) is 9.82. The van der Waals surface area contributed by atoms with Crippen molar-refractivity contribution in [3.8, 4) is 17.2 Å². The maximum absolute atomic E-state index is 11.6. The Bertz CT molecular complexity index is 777. The summed E-state index contributed by atoms with van der Waals surface area (Å²) in [5.41, 5.74) is 2.07. The average Bonchev–Trinajstić information content (AvgIpc) is 3.22. The molecule has 7 heteroatoms. The van der Waals surface area contributed by atoms with E-state index in [-0.39, 0.29) is 12.0 Å². The molecule has 0 amide bonds. The van der Waals surface area contributed by atoms with Gasteiger partial charge in [-0.05, 0) is 53.9 Å². The number of carboxylic acids is 1. The van der Waals surface area contributed by atoms with E-state index in [1.54, 1.807) is 32.7 Å². The van der Waals surface area contributed by atoms with Crippen LogP contribution in [0.2, 0.25) is 0 Å². The zero-order valence-electron chi connectivity index (χ0n) is 15.8. The van der Waals surface area contributed by atoms with E-state index >= 15 is 0 Å². The summed E-state index contributed by atoms with van der Waals surface area (Å²) in [7, 11) is 4.79. The van der Waals surface area contributed by atoms with Gasteiger partial charge < -0.3 is 19.3 Å². The fraction of sp³-hybridized carbons (Fsp3) is 0.450. The van der Waals surface area contributed by atoms with Crippen LogP contribution in [-0.2, 0) is 4.79 Å². The molecule has 2 aromatic rings. The third-order valence-electron chi connectivity index (χ3n) is 5.06. The molecule has 3 rings (SSSR count). The molecule has 1 fully saturated rings. The van der Waals surface area contributed by atoms with Crippen LogP contribution in [0.3, 0.4) is 0 Å². The highest BCUT2D eigenvalue weighted by Gasteiger charge is 2.34. The van der Waals surface area contributed by atoms with Crippen molar-refractivity contribution in [3.05, 3.63) is 40.1 Å².